The fourth-order valence-electron chi connectivity index (χ4n) is 1.60. The summed E-state index contributed by atoms with van der Waals surface area (Å²) in [6.45, 7) is 3.17. The molecule has 1 N–H and O–H groups in total. The highest BCUT2D eigenvalue weighted by molar-refractivity contribution is 5.11. The zero-order valence-corrected chi connectivity index (χ0v) is 9.93. The lowest BCUT2D eigenvalue weighted by Gasteiger charge is -2.01. The molecule has 0 radical (unpaired) electrons. The van der Waals surface area contributed by atoms with Crippen molar-refractivity contribution in [3.8, 4) is 0 Å². The maximum absolute atomic E-state index is 5.06. The van der Waals surface area contributed by atoms with Gasteiger partial charge >= 0.3 is 0 Å². The van der Waals surface area contributed by atoms with Gasteiger partial charge in [-0.1, -0.05) is 5.16 Å². The monoisotopic (exact) mass is 235 g/mol. The van der Waals surface area contributed by atoms with Gasteiger partial charge in [0.2, 0.25) is 0 Å². The van der Waals surface area contributed by atoms with E-state index in [1.54, 1.807) is 13.3 Å². The Labute approximate surface area is 100 Å². The standard InChI is InChI=1S/C12H17N3O2/c1-16-7-5-13-8-11-3-6-15(9-11)10-12-2-4-14-17-12/h2-4,6,9,13H,5,7-8,10H2,1H3. The summed E-state index contributed by atoms with van der Waals surface area (Å²) >= 11 is 0. The van der Waals surface area contributed by atoms with E-state index in [1.807, 2.05) is 12.3 Å². The van der Waals surface area contributed by atoms with Crippen molar-refractivity contribution < 1.29 is 9.26 Å². The molecule has 0 aromatic carbocycles. The number of methoxy groups -OCH3 is 1. The van der Waals surface area contributed by atoms with Crippen LogP contribution in [0.3, 0.4) is 0 Å². The van der Waals surface area contributed by atoms with Crippen LogP contribution in [0.15, 0.2) is 35.2 Å². The minimum atomic E-state index is 0.720. The van der Waals surface area contributed by atoms with Crippen molar-refractivity contribution in [2.24, 2.45) is 0 Å². The van der Waals surface area contributed by atoms with Gasteiger partial charge in [0.05, 0.1) is 19.3 Å². The molecule has 5 nitrogen and oxygen atoms in total. The lowest BCUT2D eigenvalue weighted by molar-refractivity contribution is 0.199. The van der Waals surface area contributed by atoms with Gasteiger partial charge in [-0.15, -0.1) is 0 Å². The summed E-state index contributed by atoms with van der Waals surface area (Å²) in [4.78, 5) is 0. The van der Waals surface area contributed by atoms with E-state index in [4.69, 9.17) is 9.26 Å². The largest absolute Gasteiger partial charge is 0.383 e. The summed E-state index contributed by atoms with van der Waals surface area (Å²) in [5, 5.41) is 6.98. The highest BCUT2D eigenvalue weighted by Gasteiger charge is 2.00. The Morgan fingerprint density at radius 3 is 3.18 bits per heavy atom. The molecule has 0 atom stereocenters. The third-order valence-electron chi connectivity index (χ3n) is 2.45. The van der Waals surface area contributed by atoms with Gasteiger partial charge in [-0.2, -0.15) is 0 Å². The van der Waals surface area contributed by atoms with E-state index in [0.717, 1.165) is 32.0 Å². The predicted octanol–water partition coefficient (Wildman–Crippen LogP) is 1.26. The van der Waals surface area contributed by atoms with Crippen LogP contribution in [0.5, 0.6) is 0 Å². The topological polar surface area (TPSA) is 52.2 Å². The summed E-state index contributed by atoms with van der Waals surface area (Å²) in [6, 6.07) is 3.96. The molecule has 0 amide bonds. The fourth-order valence-corrected chi connectivity index (χ4v) is 1.60. The van der Waals surface area contributed by atoms with E-state index in [9.17, 15) is 0 Å². The smallest absolute Gasteiger partial charge is 0.156 e. The highest BCUT2D eigenvalue weighted by atomic mass is 16.5. The summed E-state index contributed by atoms with van der Waals surface area (Å²) in [5.41, 5.74) is 1.25. The molecule has 5 heteroatoms. The number of hydrogen-bond acceptors (Lipinski definition) is 4. The van der Waals surface area contributed by atoms with Crippen molar-refractivity contribution in [3.63, 3.8) is 0 Å². The van der Waals surface area contributed by atoms with E-state index in [1.165, 1.54) is 5.56 Å². The second-order valence-corrected chi connectivity index (χ2v) is 3.84. The minimum absolute atomic E-state index is 0.720. The molecule has 0 saturated carbocycles. The summed E-state index contributed by atoms with van der Waals surface area (Å²) in [7, 11) is 1.70. The van der Waals surface area contributed by atoms with Crippen LogP contribution >= 0.6 is 0 Å². The fraction of sp³-hybridized carbons (Fsp3) is 0.417. The van der Waals surface area contributed by atoms with Gasteiger partial charge in [0.15, 0.2) is 5.76 Å². The quantitative estimate of drug-likeness (QED) is 0.734. The van der Waals surface area contributed by atoms with Gasteiger partial charge < -0.3 is 19.1 Å². The number of nitrogens with one attached hydrogen (secondary N) is 1. The van der Waals surface area contributed by atoms with E-state index < -0.39 is 0 Å². The molecule has 17 heavy (non-hydrogen) atoms. The molecule has 0 bridgehead atoms. The molecule has 2 aromatic heterocycles. The van der Waals surface area contributed by atoms with Gasteiger partial charge in [-0.3, -0.25) is 0 Å². The Morgan fingerprint density at radius 2 is 2.41 bits per heavy atom. The Morgan fingerprint density at radius 1 is 1.47 bits per heavy atom. The Bertz CT molecular complexity index is 423. The molecule has 0 aliphatic rings. The first-order valence-corrected chi connectivity index (χ1v) is 5.62. The average molecular weight is 235 g/mol. The van der Waals surface area contributed by atoms with E-state index >= 15 is 0 Å². The summed E-state index contributed by atoms with van der Waals surface area (Å²) in [5.74, 6) is 0.861. The molecule has 0 aliphatic heterocycles. The molecular formula is C12H17N3O2. The van der Waals surface area contributed by atoms with Crippen LogP contribution in [0, 0.1) is 0 Å². The van der Waals surface area contributed by atoms with Crippen molar-refractivity contribution in [2.75, 3.05) is 20.3 Å². The summed E-state index contributed by atoms with van der Waals surface area (Å²) in [6.07, 6.45) is 5.80. The Hall–Kier alpha value is -1.59. The normalized spacial score (nSPS) is 10.9. The first-order chi connectivity index (χ1) is 8.38. The molecule has 0 spiro atoms. The maximum Gasteiger partial charge on any atom is 0.156 e. The van der Waals surface area contributed by atoms with E-state index in [2.05, 4.69) is 27.3 Å². The zero-order chi connectivity index (χ0) is 11.9. The maximum atomic E-state index is 5.06. The first-order valence-electron chi connectivity index (χ1n) is 5.62. The third-order valence-corrected chi connectivity index (χ3v) is 2.45. The molecule has 2 rings (SSSR count). The van der Waals surface area contributed by atoms with Crippen molar-refractivity contribution in [2.45, 2.75) is 13.1 Å². The zero-order valence-electron chi connectivity index (χ0n) is 9.93. The van der Waals surface area contributed by atoms with Crippen LogP contribution < -0.4 is 5.32 Å². The number of hydrogen-bond donors (Lipinski definition) is 1. The molecule has 0 fully saturated rings. The van der Waals surface area contributed by atoms with Crippen LogP contribution in [-0.2, 0) is 17.8 Å². The van der Waals surface area contributed by atoms with Crippen molar-refractivity contribution in [1.29, 1.82) is 0 Å². The third kappa shape index (κ3) is 3.72. The SMILES string of the molecule is COCCNCc1ccn(Cc2ccno2)c1. The van der Waals surface area contributed by atoms with E-state index in [-0.39, 0.29) is 0 Å². The molecule has 2 aromatic rings. The average Bonchev–Trinajstić information content (AvgIpc) is 2.97. The van der Waals surface area contributed by atoms with E-state index in [0.29, 0.717) is 0 Å². The van der Waals surface area contributed by atoms with Gasteiger partial charge in [0.25, 0.3) is 0 Å². The molecule has 0 aliphatic carbocycles. The first kappa shape index (κ1) is 11.9. The molecule has 92 valence electrons. The van der Waals surface area contributed by atoms with Crippen LogP contribution in [0.4, 0.5) is 0 Å². The van der Waals surface area contributed by atoms with Gasteiger partial charge in [0.1, 0.15) is 0 Å². The molecular weight excluding hydrogens is 218 g/mol. The van der Waals surface area contributed by atoms with Crippen LogP contribution in [0.1, 0.15) is 11.3 Å². The Balaban J connectivity index is 1.79. The van der Waals surface area contributed by atoms with Crippen LogP contribution in [0.2, 0.25) is 0 Å². The highest BCUT2D eigenvalue weighted by Crippen LogP contribution is 2.05. The van der Waals surface area contributed by atoms with Gasteiger partial charge in [-0.05, 0) is 11.6 Å². The second kappa shape index (κ2) is 6.22. The molecule has 0 saturated heterocycles. The second-order valence-electron chi connectivity index (χ2n) is 3.84. The number of aromatic nitrogens is 2. The number of nitrogens with zero attached hydrogens (tertiary/aromatic N) is 2. The molecule has 0 unspecified atom stereocenters. The lowest BCUT2D eigenvalue weighted by Crippen LogP contribution is -2.18. The minimum Gasteiger partial charge on any atom is -0.383 e. The number of ether oxygens (including phenoxy) is 1. The van der Waals surface area contributed by atoms with Crippen LogP contribution in [0.25, 0.3) is 0 Å². The number of rotatable bonds is 7. The van der Waals surface area contributed by atoms with Crippen LogP contribution in [-0.4, -0.2) is 30.0 Å². The van der Waals surface area contributed by atoms with Crippen molar-refractivity contribution >= 4 is 0 Å². The van der Waals surface area contributed by atoms with Crippen molar-refractivity contribution in [1.82, 2.24) is 15.0 Å². The van der Waals surface area contributed by atoms with Gasteiger partial charge in [0, 0.05) is 38.7 Å². The lowest BCUT2D eigenvalue weighted by atomic mass is 10.3. The van der Waals surface area contributed by atoms with Crippen molar-refractivity contribution in [3.05, 3.63) is 42.0 Å². The molecule has 2 heterocycles. The predicted molar refractivity (Wildman–Crippen MR) is 63.6 cm³/mol. The summed E-state index contributed by atoms with van der Waals surface area (Å²) < 4.78 is 12.1. The van der Waals surface area contributed by atoms with Gasteiger partial charge in [-0.25, -0.2) is 0 Å². The Kier molecular flexibility index (Phi) is 4.35.